The van der Waals surface area contributed by atoms with Gasteiger partial charge in [0, 0.05) is 17.3 Å². The Kier molecular flexibility index (Phi) is 3.37. The van der Waals surface area contributed by atoms with Crippen LogP contribution in [0.25, 0.3) is 0 Å². The van der Waals surface area contributed by atoms with Crippen LogP contribution in [-0.2, 0) is 0 Å². The molecule has 0 spiro atoms. The number of nitrogens with zero attached hydrogens (tertiary/aromatic N) is 2. The van der Waals surface area contributed by atoms with Gasteiger partial charge in [-0.25, -0.2) is 0 Å². The minimum atomic E-state index is 0.730. The van der Waals surface area contributed by atoms with Crippen molar-refractivity contribution < 1.29 is 0 Å². The fourth-order valence-corrected chi connectivity index (χ4v) is 1.92. The lowest BCUT2D eigenvalue weighted by Gasteiger charge is -2.04. The van der Waals surface area contributed by atoms with Crippen LogP contribution in [0.15, 0.2) is 17.1 Å². The van der Waals surface area contributed by atoms with Crippen LogP contribution in [0.3, 0.4) is 0 Å². The molecule has 1 saturated carbocycles. The smallest absolute Gasteiger partial charge is 0.0841 e. The molecule has 1 aromatic rings. The minimum absolute atomic E-state index is 0.730. The van der Waals surface area contributed by atoms with E-state index in [1.807, 2.05) is 0 Å². The third-order valence-corrected chi connectivity index (χ3v) is 3.00. The first-order valence-corrected chi connectivity index (χ1v) is 6.22. The highest BCUT2D eigenvalue weighted by Crippen LogP contribution is 2.39. The Morgan fingerprint density at radius 1 is 1.44 bits per heavy atom. The summed E-state index contributed by atoms with van der Waals surface area (Å²) in [4.78, 5) is 9.26. The molecular formula is C14H20N2. The van der Waals surface area contributed by atoms with E-state index in [9.17, 15) is 0 Å². The number of aliphatic imine (C=N–C) groups is 1. The average molecular weight is 216 g/mol. The van der Waals surface area contributed by atoms with Gasteiger partial charge in [0.25, 0.3) is 0 Å². The van der Waals surface area contributed by atoms with E-state index in [1.165, 1.54) is 24.2 Å². The van der Waals surface area contributed by atoms with Crippen molar-refractivity contribution in [2.24, 2.45) is 4.99 Å². The zero-order chi connectivity index (χ0) is 11.5. The van der Waals surface area contributed by atoms with Crippen molar-refractivity contribution in [3.63, 3.8) is 0 Å². The summed E-state index contributed by atoms with van der Waals surface area (Å²) in [7, 11) is 0. The molecule has 1 aliphatic rings. The van der Waals surface area contributed by atoms with Crippen LogP contribution in [0.4, 0.5) is 5.69 Å². The first-order chi connectivity index (χ1) is 7.70. The maximum Gasteiger partial charge on any atom is 0.0841 e. The van der Waals surface area contributed by atoms with Gasteiger partial charge in [-0.1, -0.05) is 13.3 Å². The largest absolute Gasteiger partial charge is 0.256 e. The topological polar surface area (TPSA) is 25.2 Å². The average Bonchev–Trinajstić information content (AvgIpc) is 3.05. The van der Waals surface area contributed by atoms with Gasteiger partial charge < -0.3 is 0 Å². The van der Waals surface area contributed by atoms with E-state index in [0.29, 0.717) is 0 Å². The van der Waals surface area contributed by atoms with Crippen LogP contribution in [-0.4, -0.2) is 10.7 Å². The lowest BCUT2D eigenvalue weighted by Crippen LogP contribution is -1.93. The second kappa shape index (κ2) is 4.77. The molecule has 2 heteroatoms. The van der Waals surface area contributed by atoms with Crippen molar-refractivity contribution in [3.8, 4) is 0 Å². The SMILES string of the molecule is CCCC(C)=Nc1ccc(C2CC2)nc1C. The predicted octanol–water partition coefficient (Wildman–Crippen LogP) is 4.16. The standard InChI is InChI=1S/C14H20N2/c1-4-5-10(2)15-13-8-9-14(12-6-7-12)16-11(13)3/h8-9,12H,4-7H2,1-3H3. The Morgan fingerprint density at radius 2 is 2.19 bits per heavy atom. The van der Waals surface area contributed by atoms with Crippen molar-refractivity contribution in [1.82, 2.24) is 4.98 Å². The lowest BCUT2D eigenvalue weighted by molar-refractivity contribution is 0.978. The first kappa shape index (κ1) is 11.3. The fraction of sp³-hybridized carbons (Fsp3) is 0.571. The maximum absolute atomic E-state index is 4.64. The number of hydrogen-bond donors (Lipinski definition) is 0. The van der Waals surface area contributed by atoms with Crippen molar-refractivity contribution in [3.05, 3.63) is 23.5 Å². The molecule has 16 heavy (non-hydrogen) atoms. The van der Waals surface area contributed by atoms with E-state index in [1.54, 1.807) is 0 Å². The van der Waals surface area contributed by atoms with Crippen molar-refractivity contribution in [2.75, 3.05) is 0 Å². The summed E-state index contributed by atoms with van der Waals surface area (Å²) in [5.74, 6) is 0.730. The highest BCUT2D eigenvalue weighted by atomic mass is 14.8. The second-order valence-electron chi connectivity index (χ2n) is 4.71. The molecule has 0 atom stereocenters. The molecule has 1 heterocycles. The predicted molar refractivity (Wildman–Crippen MR) is 68.6 cm³/mol. The summed E-state index contributed by atoms with van der Waals surface area (Å²) in [5.41, 5.74) is 4.56. The van der Waals surface area contributed by atoms with Gasteiger partial charge >= 0.3 is 0 Å². The molecule has 0 saturated heterocycles. The van der Waals surface area contributed by atoms with Gasteiger partial charge in [-0.05, 0) is 45.2 Å². The van der Waals surface area contributed by atoms with Crippen molar-refractivity contribution in [1.29, 1.82) is 0 Å². The van der Waals surface area contributed by atoms with E-state index >= 15 is 0 Å². The van der Waals surface area contributed by atoms with Crippen LogP contribution in [0.1, 0.15) is 56.8 Å². The molecule has 0 aliphatic heterocycles. The van der Waals surface area contributed by atoms with E-state index < -0.39 is 0 Å². The van der Waals surface area contributed by atoms with Crippen molar-refractivity contribution in [2.45, 2.75) is 52.4 Å². The molecule has 1 fully saturated rings. The van der Waals surface area contributed by atoms with Gasteiger partial charge in [0.15, 0.2) is 0 Å². The van der Waals surface area contributed by atoms with Gasteiger partial charge in [-0.15, -0.1) is 0 Å². The van der Waals surface area contributed by atoms with Crippen LogP contribution in [0, 0.1) is 6.92 Å². The summed E-state index contributed by atoms with van der Waals surface area (Å²) in [6.07, 6.45) is 4.85. The Balaban J connectivity index is 2.18. The Labute approximate surface area is 97.8 Å². The summed E-state index contributed by atoms with van der Waals surface area (Å²) >= 11 is 0. The minimum Gasteiger partial charge on any atom is -0.256 e. The highest BCUT2D eigenvalue weighted by molar-refractivity contribution is 5.84. The molecular weight excluding hydrogens is 196 g/mol. The van der Waals surface area contributed by atoms with Crippen LogP contribution < -0.4 is 0 Å². The van der Waals surface area contributed by atoms with Gasteiger partial charge in [0.2, 0.25) is 0 Å². The normalized spacial score (nSPS) is 16.6. The molecule has 1 aliphatic carbocycles. The number of aromatic nitrogens is 1. The Hall–Kier alpha value is -1.18. The van der Waals surface area contributed by atoms with Crippen LogP contribution in [0.5, 0.6) is 0 Å². The van der Waals surface area contributed by atoms with Gasteiger partial charge in [-0.2, -0.15) is 0 Å². The fourth-order valence-electron chi connectivity index (χ4n) is 1.92. The second-order valence-corrected chi connectivity index (χ2v) is 4.71. The zero-order valence-corrected chi connectivity index (χ0v) is 10.5. The van der Waals surface area contributed by atoms with E-state index in [0.717, 1.165) is 30.1 Å². The molecule has 0 radical (unpaired) electrons. The Bertz CT molecular complexity index is 403. The quantitative estimate of drug-likeness (QED) is 0.694. The third kappa shape index (κ3) is 2.69. The lowest BCUT2D eigenvalue weighted by atomic mass is 10.2. The summed E-state index contributed by atoms with van der Waals surface area (Å²) in [6, 6.07) is 4.26. The van der Waals surface area contributed by atoms with E-state index in [2.05, 4.69) is 42.9 Å². The van der Waals surface area contributed by atoms with Gasteiger partial charge in [-0.3, -0.25) is 9.98 Å². The number of rotatable bonds is 4. The summed E-state index contributed by atoms with van der Waals surface area (Å²) in [5, 5.41) is 0. The monoisotopic (exact) mass is 216 g/mol. The molecule has 0 aromatic carbocycles. The van der Waals surface area contributed by atoms with E-state index in [4.69, 9.17) is 0 Å². The molecule has 2 nitrogen and oxygen atoms in total. The first-order valence-electron chi connectivity index (χ1n) is 6.22. The van der Waals surface area contributed by atoms with Gasteiger partial charge in [0.05, 0.1) is 11.4 Å². The van der Waals surface area contributed by atoms with Crippen molar-refractivity contribution >= 4 is 11.4 Å². The zero-order valence-electron chi connectivity index (χ0n) is 10.5. The van der Waals surface area contributed by atoms with Crippen LogP contribution in [0.2, 0.25) is 0 Å². The van der Waals surface area contributed by atoms with Gasteiger partial charge in [0.1, 0.15) is 0 Å². The summed E-state index contributed by atoms with van der Waals surface area (Å²) < 4.78 is 0. The van der Waals surface area contributed by atoms with Crippen LogP contribution >= 0.6 is 0 Å². The maximum atomic E-state index is 4.64. The summed E-state index contributed by atoms with van der Waals surface area (Å²) in [6.45, 7) is 6.34. The molecule has 0 amide bonds. The highest BCUT2D eigenvalue weighted by Gasteiger charge is 2.25. The third-order valence-electron chi connectivity index (χ3n) is 3.00. The molecule has 86 valence electrons. The molecule has 0 unspecified atom stereocenters. The van der Waals surface area contributed by atoms with E-state index in [-0.39, 0.29) is 0 Å². The number of hydrogen-bond acceptors (Lipinski definition) is 2. The number of aryl methyl sites for hydroxylation is 1. The molecule has 2 rings (SSSR count). The molecule has 0 bridgehead atoms. The molecule has 0 N–H and O–H groups in total. The Morgan fingerprint density at radius 3 is 2.75 bits per heavy atom. The molecule has 1 aromatic heterocycles. The number of pyridine rings is 1.